The first-order valence-corrected chi connectivity index (χ1v) is 9.76. The first-order chi connectivity index (χ1) is 13.6. The van der Waals surface area contributed by atoms with Crippen LogP contribution in [-0.4, -0.2) is 31.1 Å². The van der Waals surface area contributed by atoms with Crippen LogP contribution in [0.3, 0.4) is 0 Å². The largest absolute Gasteiger partial charge is 0.494 e. The van der Waals surface area contributed by atoms with Crippen molar-refractivity contribution < 1.29 is 14.3 Å². The van der Waals surface area contributed by atoms with E-state index < -0.39 is 0 Å². The molecule has 2 aromatic carbocycles. The van der Waals surface area contributed by atoms with Gasteiger partial charge in [0.1, 0.15) is 5.75 Å². The number of anilines is 2. The third kappa shape index (κ3) is 4.82. The normalized spacial score (nSPS) is 16.1. The molecular formula is C22H27N3O3. The van der Waals surface area contributed by atoms with E-state index in [0.717, 1.165) is 23.4 Å². The van der Waals surface area contributed by atoms with Gasteiger partial charge in [0.05, 0.1) is 6.61 Å². The number of benzene rings is 2. The predicted molar refractivity (Wildman–Crippen MR) is 111 cm³/mol. The molecule has 2 aromatic rings. The molecular weight excluding hydrogens is 354 g/mol. The van der Waals surface area contributed by atoms with E-state index in [1.54, 1.807) is 0 Å². The van der Waals surface area contributed by atoms with Crippen molar-refractivity contribution in [1.82, 2.24) is 5.32 Å². The molecule has 1 fully saturated rings. The van der Waals surface area contributed by atoms with E-state index in [0.29, 0.717) is 31.7 Å². The second-order valence-electron chi connectivity index (χ2n) is 6.87. The highest BCUT2D eigenvalue weighted by atomic mass is 16.5. The quantitative estimate of drug-likeness (QED) is 0.762. The van der Waals surface area contributed by atoms with E-state index in [2.05, 4.69) is 10.6 Å². The molecule has 2 N–H and O–H groups in total. The fourth-order valence-electron chi connectivity index (χ4n) is 3.42. The van der Waals surface area contributed by atoms with Crippen molar-refractivity contribution in [1.29, 1.82) is 0 Å². The molecule has 6 nitrogen and oxygen atoms in total. The van der Waals surface area contributed by atoms with Crippen LogP contribution in [0.2, 0.25) is 0 Å². The maximum absolute atomic E-state index is 12.1. The SMILES string of the molecule is CCOc1ccccc1CCNC(=O)Nc1ccc(N2C(=O)CC[C@@H]2C)cc1. The lowest BCUT2D eigenvalue weighted by atomic mass is 10.1. The summed E-state index contributed by atoms with van der Waals surface area (Å²) in [5, 5.41) is 5.69. The summed E-state index contributed by atoms with van der Waals surface area (Å²) in [5.74, 6) is 1.01. The van der Waals surface area contributed by atoms with Gasteiger partial charge in [-0.3, -0.25) is 4.79 Å². The minimum Gasteiger partial charge on any atom is -0.494 e. The van der Waals surface area contributed by atoms with Gasteiger partial charge in [-0.05, 0) is 62.6 Å². The van der Waals surface area contributed by atoms with Crippen molar-refractivity contribution in [3.8, 4) is 5.75 Å². The number of carbonyl (C=O) groups excluding carboxylic acids is 2. The van der Waals surface area contributed by atoms with Crippen LogP contribution in [0.25, 0.3) is 0 Å². The maximum Gasteiger partial charge on any atom is 0.319 e. The van der Waals surface area contributed by atoms with Crippen LogP contribution in [0.1, 0.15) is 32.3 Å². The smallest absolute Gasteiger partial charge is 0.319 e. The third-order valence-corrected chi connectivity index (χ3v) is 4.84. The fraction of sp³-hybridized carbons (Fsp3) is 0.364. The highest BCUT2D eigenvalue weighted by molar-refractivity contribution is 5.96. The summed E-state index contributed by atoms with van der Waals surface area (Å²) in [6, 6.07) is 15.2. The van der Waals surface area contributed by atoms with Gasteiger partial charge in [-0.1, -0.05) is 18.2 Å². The maximum atomic E-state index is 12.1. The Morgan fingerprint density at radius 2 is 1.93 bits per heavy atom. The zero-order valence-electron chi connectivity index (χ0n) is 16.4. The summed E-state index contributed by atoms with van der Waals surface area (Å²) in [6.45, 7) is 5.12. The topological polar surface area (TPSA) is 70.7 Å². The molecule has 1 atom stereocenters. The van der Waals surface area contributed by atoms with Gasteiger partial charge in [0.15, 0.2) is 0 Å². The first-order valence-electron chi connectivity index (χ1n) is 9.76. The molecule has 0 aromatic heterocycles. The van der Waals surface area contributed by atoms with Crippen molar-refractivity contribution in [3.05, 3.63) is 54.1 Å². The molecule has 0 unspecified atom stereocenters. The summed E-state index contributed by atoms with van der Waals surface area (Å²) in [6.07, 6.45) is 2.17. The average Bonchev–Trinajstić information content (AvgIpc) is 3.02. The van der Waals surface area contributed by atoms with Crippen molar-refractivity contribution in [3.63, 3.8) is 0 Å². The van der Waals surface area contributed by atoms with Crippen LogP contribution >= 0.6 is 0 Å². The Balaban J connectivity index is 1.49. The number of hydrogen-bond acceptors (Lipinski definition) is 3. The lowest BCUT2D eigenvalue weighted by Crippen LogP contribution is -2.31. The van der Waals surface area contributed by atoms with E-state index in [4.69, 9.17) is 4.74 Å². The number of nitrogens with zero attached hydrogens (tertiary/aromatic N) is 1. The van der Waals surface area contributed by atoms with Gasteiger partial charge in [-0.2, -0.15) is 0 Å². The van der Waals surface area contributed by atoms with Crippen LogP contribution < -0.4 is 20.3 Å². The summed E-state index contributed by atoms with van der Waals surface area (Å²) >= 11 is 0. The van der Waals surface area contributed by atoms with Crippen LogP contribution in [0, 0.1) is 0 Å². The number of rotatable bonds is 7. The van der Waals surface area contributed by atoms with E-state index in [9.17, 15) is 9.59 Å². The lowest BCUT2D eigenvalue weighted by molar-refractivity contribution is -0.117. The van der Waals surface area contributed by atoms with Gasteiger partial charge in [0.25, 0.3) is 0 Å². The summed E-state index contributed by atoms with van der Waals surface area (Å²) in [7, 11) is 0. The Bertz CT molecular complexity index is 820. The molecule has 148 valence electrons. The number of urea groups is 1. The van der Waals surface area contributed by atoms with Crippen molar-refractivity contribution >= 4 is 23.3 Å². The van der Waals surface area contributed by atoms with Crippen LogP contribution in [0.5, 0.6) is 5.75 Å². The summed E-state index contributed by atoms with van der Waals surface area (Å²) in [5.41, 5.74) is 2.63. The number of ether oxygens (including phenoxy) is 1. The molecule has 1 aliphatic rings. The van der Waals surface area contributed by atoms with Crippen molar-refractivity contribution in [2.75, 3.05) is 23.4 Å². The van der Waals surface area contributed by atoms with Crippen LogP contribution in [-0.2, 0) is 11.2 Å². The summed E-state index contributed by atoms with van der Waals surface area (Å²) < 4.78 is 5.60. The van der Waals surface area contributed by atoms with Crippen LogP contribution in [0.15, 0.2) is 48.5 Å². The molecule has 28 heavy (non-hydrogen) atoms. The van der Waals surface area contributed by atoms with Gasteiger partial charge < -0.3 is 20.3 Å². The van der Waals surface area contributed by atoms with Crippen molar-refractivity contribution in [2.45, 2.75) is 39.2 Å². The van der Waals surface area contributed by atoms with Crippen LogP contribution in [0.4, 0.5) is 16.2 Å². The van der Waals surface area contributed by atoms with Crippen molar-refractivity contribution in [2.24, 2.45) is 0 Å². The predicted octanol–water partition coefficient (Wildman–Crippen LogP) is 3.96. The molecule has 1 aliphatic heterocycles. The number of para-hydroxylation sites is 1. The molecule has 0 spiro atoms. The van der Waals surface area contributed by atoms with E-state index in [1.807, 2.05) is 67.3 Å². The lowest BCUT2D eigenvalue weighted by Gasteiger charge is -2.22. The number of hydrogen-bond donors (Lipinski definition) is 2. The molecule has 0 bridgehead atoms. The Morgan fingerprint density at radius 3 is 2.61 bits per heavy atom. The molecule has 0 radical (unpaired) electrons. The molecule has 1 heterocycles. The van der Waals surface area contributed by atoms with Gasteiger partial charge in [-0.25, -0.2) is 4.79 Å². The molecule has 6 heteroatoms. The highest BCUT2D eigenvalue weighted by Gasteiger charge is 2.28. The van der Waals surface area contributed by atoms with E-state index in [1.165, 1.54) is 0 Å². The third-order valence-electron chi connectivity index (χ3n) is 4.84. The number of amides is 3. The second kappa shape index (κ2) is 9.26. The zero-order valence-corrected chi connectivity index (χ0v) is 16.4. The molecule has 0 aliphatic carbocycles. The minimum atomic E-state index is -0.257. The zero-order chi connectivity index (χ0) is 19.9. The number of nitrogens with one attached hydrogen (secondary N) is 2. The first kappa shape index (κ1) is 19.7. The van der Waals surface area contributed by atoms with Gasteiger partial charge >= 0.3 is 6.03 Å². The van der Waals surface area contributed by atoms with Gasteiger partial charge in [-0.15, -0.1) is 0 Å². The highest BCUT2D eigenvalue weighted by Crippen LogP contribution is 2.27. The van der Waals surface area contributed by atoms with E-state index in [-0.39, 0.29) is 18.0 Å². The Labute approximate surface area is 165 Å². The second-order valence-corrected chi connectivity index (χ2v) is 6.87. The van der Waals surface area contributed by atoms with Gasteiger partial charge in [0, 0.05) is 30.4 Å². The molecule has 0 saturated carbocycles. The Hall–Kier alpha value is -3.02. The Kier molecular flexibility index (Phi) is 6.53. The monoisotopic (exact) mass is 381 g/mol. The molecule has 1 saturated heterocycles. The fourth-order valence-corrected chi connectivity index (χ4v) is 3.42. The minimum absolute atomic E-state index is 0.151. The number of carbonyl (C=O) groups is 2. The molecule has 3 rings (SSSR count). The summed E-state index contributed by atoms with van der Waals surface area (Å²) in [4.78, 5) is 25.9. The van der Waals surface area contributed by atoms with E-state index >= 15 is 0 Å². The standard InChI is InChI=1S/C22H27N3O3/c1-3-28-20-7-5-4-6-17(20)14-15-23-22(27)24-18-9-11-19(12-10-18)25-16(2)8-13-21(25)26/h4-7,9-12,16H,3,8,13-15H2,1-2H3,(H2,23,24,27)/t16-/m0/s1. The average molecular weight is 381 g/mol. The van der Waals surface area contributed by atoms with Gasteiger partial charge in [0.2, 0.25) is 5.91 Å². The Morgan fingerprint density at radius 1 is 1.18 bits per heavy atom. The molecule has 3 amide bonds.